The normalized spacial score (nSPS) is 10.2. The number of hydrogen-bond acceptors (Lipinski definition) is 2. The average molecular weight is 227 g/mol. The van der Waals surface area contributed by atoms with Gasteiger partial charge in [-0.15, -0.1) is 0 Å². The molecule has 17 heavy (non-hydrogen) atoms. The molecule has 0 unspecified atom stereocenters. The van der Waals surface area contributed by atoms with E-state index >= 15 is 0 Å². The highest BCUT2D eigenvalue weighted by molar-refractivity contribution is 5.94. The highest BCUT2D eigenvalue weighted by atomic mass is 16.4. The van der Waals surface area contributed by atoms with Crippen molar-refractivity contribution >= 4 is 11.7 Å². The van der Waals surface area contributed by atoms with E-state index in [2.05, 4.69) is 0 Å². The molecule has 0 aliphatic carbocycles. The second kappa shape index (κ2) is 4.29. The van der Waals surface area contributed by atoms with Crippen molar-refractivity contribution in [1.29, 1.82) is 0 Å². The molecule has 3 N–H and O–H groups in total. The van der Waals surface area contributed by atoms with E-state index in [9.17, 15) is 4.79 Å². The van der Waals surface area contributed by atoms with Crippen molar-refractivity contribution < 1.29 is 9.90 Å². The molecule has 0 fully saturated rings. The zero-order valence-electron chi connectivity index (χ0n) is 9.47. The first-order chi connectivity index (χ1) is 8.09. The van der Waals surface area contributed by atoms with E-state index in [1.807, 2.05) is 31.2 Å². The molecule has 0 atom stereocenters. The molecule has 2 aromatic carbocycles. The van der Waals surface area contributed by atoms with E-state index in [0.717, 1.165) is 16.7 Å². The van der Waals surface area contributed by atoms with Crippen molar-refractivity contribution in [3.05, 3.63) is 53.6 Å². The Balaban J connectivity index is 2.52. The molecule has 0 amide bonds. The maximum absolute atomic E-state index is 10.9. The highest BCUT2D eigenvalue weighted by Crippen LogP contribution is 2.26. The van der Waals surface area contributed by atoms with Crippen LogP contribution in [0.5, 0.6) is 0 Å². The number of rotatable bonds is 2. The van der Waals surface area contributed by atoms with Crippen LogP contribution in [0.4, 0.5) is 5.69 Å². The molecule has 0 aliphatic heterocycles. The molecule has 0 spiro atoms. The summed E-state index contributed by atoms with van der Waals surface area (Å²) in [5.41, 5.74) is 9.30. The molecule has 2 aromatic rings. The summed E-state index contributed by atoms with van der Waals surface area (Å²) >= 11 is 0. The first kappa shape index (κ1) is 11.2. The molecule has 0 saturated carbocycles. The van der Waals surface area contributed by atoms with Crippen molar-refractivity contribution in [3.63, 3.8) is 0 Å². The molecule has 0 radical (unpaired) electrons. The molecule has 3 nitrogen and oxygen atoms in total. The summed E-state index contributed by atoms with van der Waals surface area (Å²) in [6.45, 7) is 2.01. The average Bonchev–Trinajstić information content (AvgIpc) is 2.29. The molecule has 0 saturated heterocycles. The first-order valence-corrected chi connectivity index (χ1v) is 5.28. The lowest BCUT2D eigenvalue weighted by atomic mass is 9.99. The van der Waals surface area contributed by atoms with Crippen LogP contribution in [-0.2, 0) is 0 Å². The van der Waals surface area contributed by atoms with Crippen molar-refractivity contribution in [3.8, 4) is 11.1 Å². The third-order valence-corrected chi connectivity index (χ3v) is 2.74. The maximum atomic E-state index is 10.9. The van der Waals surface area contributed by atoms with Gasteiger partial charge in [-0.1, -0.05) is 30.3 Å². The van der Waals surface area contributed by atoms with Crippen LogP contribution < -0.4 is 5.73 Å². The predicted molar refractivity (Wildman–Crippen MR) is 68.0 cm³/mol. The minimum absolute atomic E-state index is 0.141. The smallest absolute Gasteiger partial charge is 0.337 e. The van der Waals surface area contributed by atoms with Crippen LogP contribution in [-0.4, -0.2) is 11.1 Å². The van der Waals surface area contributed by atoms with Gasteiger partial charge in [-0.05, 0) is 35.7 Å². The van der Waals surface area contributed by atoms with Gasteiger partial charge in [0.15, 0.2) is 0 Å². The lowest BCUT2D eigenvalue weighted by Gasteiger charge is -2.08. The van der Waals surface area contributed by atoms with Crippen LogP contribution in [0.3, 0.4) is 0 Å². The largest absolute Gasteiger partial charge is 0.478 e. The number of nitrogen functional groups attached to an aromatic ring is 1. The molecule has 86 valence electrons. The minimum Gasteiger partial charge on any atom is -0.478 e. The number of nitrogens with two attached hydrogens (primary N) is 1. The second-order valence-electron chi connectivity index (χ2n) is 3.92. The summed E-state index contributed by atoms with van der Waals surface area (Å²) in [5.74, 6) is -1.00. The second-order valence-corrected chi connectivity index (χ2v) is 3.92. The molecular weight excluding hydrogens is 214 g/mol. The quantitative estimate of drug-likeness (QED) is 0.775. The Hall–Kier alpha value is -2.29. The van der Waals surface area contributed by atoms with Gasteiger partial charge in [-0.2, -0.15) is 0 Å². The minimum atomic E-state index is -1.00. The van der Waals surface area contributed by atoms with Crippen LogP contribution in [0.25, 0.3) is 11.1 Å². The Morgan fingerprint density at radius 1 is 1.18 bits per heavy atom. The molecule has 3 heteroatoms. The van der Waals surface area contributed by atoms with E-state index in [4.69, 9.17) is 10.8 Å². The van der Waals surface area contributed by atoms with Gasteiger partial charge >= 0.3 is 5.97 Å². The molecule has 0 heterocycles. The Bertz CT molecular complexity index is 576. The lowest BCUT2D eigenvalue weighted by Crippen LogP contribution is -2.02. The summed E-state index contributed by atoms with van der Waals surface area (Å²) in [5, 5.41) is 8.90. The topological polar surface area (TPSA) is 63.3 Å². The molecule has 0 aliphatic rings. The van der Waals surface area contributed by atoms with Gasteiger partial charge in [0.1, 0.15) is 0 Å². The maximum Gasteiger partial charge on any atom is 0.337 e. The van der Waals surface area contributed by atoms with E-state index in [-0.39, 0.29) is 5.56 Å². The fraction of sp³-hybridized carbons (Fsp3) is 0.0714. The number of carboxylic acid groups (broad SMARTS) is 1. The van der Waals surface area contributed by atoms with Gasteiger partial charge in [0.2, 0.25) is 0 Å². The van der Waals surface area contributed by atoms with Crippen LogP contribution >= 0.6 is 0 Å². The van der Waals surface area contributed by atoms with Crippen molar-refractivity contribution in [2.75, 3.05) is 5.73 Å². The van der Waals surface area contributed by atoms with Crippen LogP contribution in [0.2, 0.25) is 0 Å². The fourth-order valence-corrected chi connectivity index (χ4v) is 1.82. The van der Waals surface area contributed by atoms with Crippen molar-refractivity contribution in [1.82, 2.24) is 0 Å². The third kappa shape index (κ3) is 2.13. The highest BCUT2D eigenvalue weighted by Gasteiger charge is 2.09. The van der Waals surface area contributed by atoms with E-state index in [0.29, 0.717) is 5.69 Å². The Kier molecular flexibility index (Phi) is 2.83. The predicted octanol–water partition coefficient (Wildman–Crippen LogP) is 2.94. The summed E-state index contributed by atoms with van der Waals surface area (Å²) in [4.78, 5) is 10.9. The number of carbonyl (C=O) groups is 1. The number of aryl methyl sites for hydroxylation is 1. The van der Waals surface area contributed by atoms with Gasteiger partial charge in [-0.25, -0.2) is 4.79 Å². The summed E-state index contributed by atoms with van der Waals surface area (Å²) in [6.07, 6.45) is 0. The van der Waals surface area contributed by atoms with Crippen LogP contribution in [0.15, 0.2) is 42.5 Å². The number of benzene rings is 2. The van der Waals surface area contributed by atoms with Gasteiger partial charge in [0, 0.05) is 5.69 Å². The SMILES string of the molecule is Cc1ccccc1-c1ccc(C(=O)O)c(N)c1. The summed E-state index contributed by atoms with van der Waals surface area (Å²) < 4.78 is 0. The number of hydrogen-bond donors (Lipinski definition) is 2. The Morgan fingerprint density at radius 2 is 1.88 bits per heavy atom. The Morgan fingerprint density at radius 3 is 2.47 bits per heavy atom. The van der Waals surface area contributed by atoms with Crippen LogP contribution in [0, 0.1) is 6.92 Å². The molecule has 0 bridgehead atoms. The summed E-state index contributed by atoms with van der Waals surface area (Å²) in [6, 6.07) is 12.9. The number of carboxylic acids is 1. The van der Waals surface area contributed by atoms with E-state index < -0.39 is 5.97 Å². The van der Waals surface area contributed by atoms with Crippen LogP contribution in [0.1, 0.15) is 15.9 Å². The zero-order valence-corrected chi connectivity index (χ0v) is 9.47. The van der Waals surface area contributed by atoms with Crippen molar-refractivity contribution in [2.24, 2.45) is 0 Å². The standard InChI is InChI=1S/C14H13NO2/c1-9-4-2-3-5-11(9)10-6-7-12(14(16)17)13(15)8-10/h2-8H,15H2,1H3,(H,16,17). The number of aromatic carboxylic acids is 1. The first-order valence-electron chi connectivity index (χ1n) is 5.28. The molecule has 2 rings (SSSR count). The lowest BCUT2D eigenvalue weighted by molar-refractivity contribution is 0.0698. The molecule has 0 aromatic heterocycles. The number of anilines is 1. The monoisotopic (exact) mass is 227 g/mol. The van der Waals surface area contributed by atoms with Gasteiger partial charge in [0.05, 0.1) is 5.56 Å². The zero-order chi connectivity index (χ0) is 12.4. The molecular formula is C14H13NO2. The van der Waals surface area contributed by atoms with E-state index in [1.165, 1.54) is 0 Å². The van der Waals surface area contributed by atoms with Crippen molar-refractivity contribution in [2.45, 2.75) is 6.92 Å². The van der Waals surface area contributed by atoms with Gasteiger partial charge in [0.25, 0.3) is 0 Å². The van der Waals surface area contributed by atoms with E-state index in [1.54, 1.807) is 18.2 Å². The van der Waals surface area contributed by atoms with Gasteiger partial charge < -0.3 is 10.8 Å². The Labute approximate surface area is 99.5 Å². The fourth-order valence-electron chi connectivity index (χ4n) is 1.82. The third-order valence-electron chi connectivity index (χ3n) is 2.74. The van der Waals surface area contributed by atoms with Gasteiger partial charge in [-0.3, -0.25) is 0 Å². The summed E-state index contributed by atoms with van der Waals surface area (Å²) in [7, 11) is 0.